The number of halogens is 15. The lowest BCUT2D eigenvalue weighted by molar-refractivity contribution is -0.167. The van der Waals surface area contributed by atoms with Gasteiger partial charge in [-0.1, -0.05) is 137 Å². The Morgan fingerprint density at radius 1 is 0.633 bits per heavy atom. The topological polar surface area (TPSA) is 122 Å². The molecule has 2 aromatic heterocycles. The minimum atomic E-state index is -4.68. The SMILES string of the molecule is Cc1ccc(-c2nc(C(F)(F)F)cs2)cc1-c1ccc(NC(=O)c2c(F)cccc2F)cc1.Cc1ccc(-c2nc(C(F)(F)F)cs2)cc1Br.Cc1ccc(C#N)cc1Br.Cc1ccc(C(N)=S)cc1Br.O=C(CBr)C(F)(F)F. The first-order valence-corrected chi connectivity index (χ1v) is 27.7. The van der Waals surface area contributed by atoms with Crippen molar-refractivity contribution in [3.05, 3.63) is 201 Å². The van der Waals surface area contributed by atoms with Crippen LogP contribution in [0.3, 0.4) is 0 Å². The highest BCUT2D eigenvalue weighted by atomic mass is 79.9. The number of nitrogens with two attached hydrogens (primary N) is 1. The molecule has 0 unspecified atom stereocenters. The van der Waals surface area contributed by atoms with Gasteiger partial charge in [0.15, 0.2) is 11.4 Å². The van der Waals surface area contributed by atoms with Crippen LogP contribution in [-0.4, -0.2) is 38.2 Å². The highest BCUT2D eigenvalue weighted by molar-refractivity contribution is 9.11. The van der Waals surface area contributed by atoms with Crippen LogP contribution in [0.4, 0.5) is 54.0 Å². The zero-order valence-corrected chi connectivity index (χ0v) is 49.8. The predicted octanol–water partition coefficient (Wildman–Crippen LogP) is 18.8. The van der Waals surface area contributed by atoms with Crippen LogP contribution in [0.1, 0.15) is 55.1 Å². The van der Waals surface area contributed by atoms with E-state index in [1.807, 2.05) is 64.1 Å². The van der Waals surface area contributed by atoms with Gasteiger partial charge in [-0.05, 0) is 116 Å². The first-order chi connectivity index (χ1) is 36.8. The van der Waals surface area contributed by atoms with Gasteiger partial charge in [-0.25, -0.2) is 18.7 Å². The molecule has 0 bridgehead atoms. The number of amides is 1. The number of thiazole rings is 2. The molecule has 0 aliphatic heterocycles. The highest BCUT2D eigenvalue weighted by Crippen LogP contribution is 2.37. The molecule has 8 rings (SSSR count). The molecule has 6 aromatic carbocycles. The number of carbonyl (C=O) groups is 2. The lowest BCUT2D eigenvalue weighted by Crippen LogP contribution is -2.23. The molecule has 7 nitrogen and oxygen atoms in total. The fraction of sp³-hybridized carbons (Fsp3) is 0.148. The number of carbonyl (C=O) groups excluding carboxylic acids is 2. The maximum atomic E-state index is 13.8. The molecule has 0 aliphatic rings. The van der Waals surface area contributed by atoms with Crippen molar-refractivity contribution < 1.29 is 57.9 Å². The molecular formula is C54H38Br4F11N5O2S3. The van der Waals surface area contributed by atoms with Gasteiger partial charge in [0.05, 0.1) is 17.0 Å². The van der Waals surface area contributed by atoms with E-state index in [9.17, 15) is 57.9 Å². The normalized spacial score (nSPS) is 11.0. The third-order valence-corrected chi connectivity index (χ3v) is 15.4. The van der Waals surface area contributed by atoms with Crippen molar-refractivity contribution >= 4 is 121 Å². The van der Waals surface area contributed by atoms with Crippen molar-refractivity contribution in [2.75, 3.05) is 10.6 Å². The van der Waals surface area contributed by atoms with Crippen LogP contribution in [0.15, 0.2) is 139 Å². The van der Waals surface area contributed by atoms with Crippen LogP contribution in [0, 0.1) is 50.7 Å². The van der Waals surface area contributed by atoms with E-state index in [0.29, 0.717) is 32.4 Å². The minimum absolute atomic E-state index is 0.249. The number of hydrogen-bond donors (Lipinski definition) is 2. The van der Waals surface area contributed by atoms with Crippen LogP contribution in [-0.2, 0) is 17.1 Å². The number of aryl methyl sites for hydroxylation is 4. The number of rotatable bonds is 7. The van der Waals surface area contributed by atoms with Gasteiger partial charge in [0.25, 0.3) is 5.91 Å². The second kappa shape index (κ2) is 29.1. The summed E-state index contributed by atoms with van der Waals surface area (Å²) in [6.07, 6.45) is -13.6. The fourth-order valence-electron chi connectivity index (χ4n) is 5.99. The van der Waals surface area contributed by atoms with Gasteiger partial charge in [-0.3, -0.25) is 9.59 Å². The number of hydrogen-bond acceptors (Lipinski definition) is 8. The van der Waals surface area contributed by atoms with Crippen molar-refractivity contribution in [2.45, 2.75) is 46.2 Å². The van der Waals surface area contributed by atoms with Crippen LogP contribution in [0.25, 0.3) is 32.3 Å². The average Bonchev–Trinajstić information content (AvgIpc) is 4.13. The Labute approximate surface area is 492 Å². The summed E-state index contributed by atoms with van der Waals surface area (Å²) in [6.45, 7) is 7.79. The number of benzene rings is 6. The van der Waals surface area contributed by atoms with Crippen LogP contribution >= 0.6 is 98.6 Å². The Hall–Kier alpha value is -5.75. The van der Waals surface area contributed by atoms with E-state index in [2.05, 4.69) is 85.1 Å². The third kappa shape index (κ3) is 19.8. The molecule has 2 heterocycles. The number of ketones is 1. The summed E-state index contributed by atoms with van der Waals surface area (Å²) >= 11 is 19.2. The van der Waals surface area contributed by atoms with E-state index < -0.39 is 64.1 Å². The second-order valence-corrected chi connectivity index (χ2v) is 21.4. The summed E-state index contributed by atoms with van der Waals surface area (Å²) in [4.78, 5) is 29.6. The van der Waals surface area contributed by atoms with Gasteiger partial charge in [0.2, 0.25) is 5.78 Å². The Balaban J connectivity index is 0.000000242. The predicted molar refractivity (Wildman–Crippen MR) is 305 cm³/mol. The zero-order chi connectivity index (χ0) is 59.2. The van der Waals surface area contributed by atoms with Gasteiger partial charge in [-0.15, -0.1) is 22.7 Å². The monoisotopic (exact) mass is 1410 g/mol. The Morgan fingerprint density at radius 2 is 1.08 bits per heavy atom. The standard InChI is InChI=1S/C24H15F5N2OS.C11H7BrF3NS.C8H8BrNS.C8H6BrN.C3H2BrF3O/c1-13-5-6-15(23-31-20(12-33-23)24(27,28)29)11-17(13)14-7-9-16(10-8-14)30-22(32)21-18(25)3-2-4-19(21)26;1-6-2-3-7(4-8(6)12)10-16-9(5-17-10)11(13,14)15;1-5-2-3-6(8(10)11)4-7(5)9;1-6-2-3-7(5-10)4-8(6)9;4-1-2(8)3(5,6)7/h2-12H,1H3,(H,30,32);2-5H,1H3;2-4H,1H3,(H2,10,11);2-4H,1H3;1H2. The summed E-state index contributed by atoms with van der Waals surface area (Å²) in [7, 11) is 0. The Morgan fingerprint density at radius 3 is 1.48 bits per heavy atom. The van der Waals surface area contributed by atoms with E-state index in [4.69, 9.17) is 23.2 Å². The van der Waals surface area contributed by atoms with Gasteiger partial charge in [-0.2, -0.15) is 44.8 Å². The van der Waals surface area contributed by atoms with Gasteiger partial charge >= 0.3 is 18.5 Å². The first kappa shape index (κ1) is 65.8. The fourth-order valence-corrected chi connectivity index (χ4v) is 9.22. The molecule has 0 saturated heterocycles. The first-order valence-electron chi connectivity index (χ1n) is 22.0. The molecule has 0 spiro atoms. The smallest absolute Gasteiger partial charge is 0.389 e. The Bertz CT molecular complexity index is 3470. The molecule has 25 heteroatoms. The molecule has 8 aromatic rings. The molecule has 414 valence electrons. The summed E-state index contributed by atoms with van der Waals surface area (Å²) in [5.74, 6) is -4.60. The lowest BCUT2D eigenvalue weighted by atomic mass is 9.98. The Kier molecular flexibility index (Phi) is 24.2. The molecule has 79 heavy (non-hydrogen) atoms. The van der Waals surface area contributed by atoms with E-state index >= 15 is 0 Å². The zero-order valence-electron chi connectivity index (χ0n) is 41.0. The van der Waals surface area contributed by atoms with Crippen molar-refractivity contribution in [2.24, 2.45) is 5.73 Å². The summed E-state index contributed by atoms with van der Waals surface area (Å²) in [5.41, 5.74) is 11.9. The van der Waals surface area contributed by atoms with Gasteiger partial charge in [0, 0.05) is 46.6 Å². The maximum Gasteiger partial charge on any atom is 0.450 e. The number of thiocarbonyl (C=S) groups is 1. The summed E-state index contributed by atoms with van der Waals surface area (Å²) < 4.78 is 140. The quantitative estimate of drug-likeness (QED) is 0.0926. The van der Waals surface area contributed by atoms with Crippen molar-refractivity contribution in [1.82, 2.24) is 9.97 Å². The van der Waals surface area contributed by atoms with E-state index in [-0.39, 0.29) is 5.01 Å². The molecule has 0 fully saturated rings. The van der Waals surface area contributed by atoms with Gasteiger partial charge in [0.1, 0.15) is 32.2 Å². The van der Waals surface area contributed by atoms with E-state index in [1.165, 1.54) is 11.6 Å². The molecule has 0 aliphatic carbocycles. The molecule has 0 atom stereocenters. The maximum absolute atomic E-state index is 13.8. The lowest BCUT2D eigenvalue weighted by Gasteiger charge is -2.11. The van der Waals surface area contributed by atoms with E-state index in [0.717, 1.165) is 92.4 Å². The van der Waals surface area contributed by atoms with Crippen molar-refractivity contribution in [3.63, 3.8) is 0 Å². The number of aromatic nitrogens is 2. The molecular weight excluding hydrogens is 1380 g/mol. The number of Topliss-reactive ketones (excluding diaryl/α,β-unsaturated/α-hetero) is 1. The number of nitrogens with zero attached hydrogens (tertiary/aromatic N) is 3. The molecule has 1 amide bonds. The number of alkyl halides is 10. The largest absolute Gasteiger partial charge is 0.450 e. The summed E-state index contributed by atoms with van der Waals surface area (Å²) in [6, 6.07) is 33.8. The number of anilines is 1. The second-order valence-electron chi connectivity index (χ2n) is 16.2. The number of nitriles is 1. The van der Waals surface area contributed by atoms with Crippen molar-refractivity contribution in [3.8, 4) is 38.3 Å². The average molecular weight is 1410 g/mol. The molecule has 0 radical (unpaired) electrons. The summed E-state index contributed by atoms with van der Waals surface area (Å²) in [5, 5.41) is 12.9. The van der Waals surface area contributed by atoms with Crippen LogP contribution < -0.4 is 11.1 Å². The third-order valence-electron chi connectivity index (χ3n) is 10.3. The number of nitrogens with one attached hydrogen (secondary N) is 1. The molecule has 0 saturated carbocycles. The van der Waals surface area contributed by atoms with Crippen LogP contribution in [0.5, 0.6) is 0 Å². The minimum Gasteiger partial charge on any atom is -0.389 e. The van der Waals surface area contributed by atoms with Gasteiger partial charge < -0.3 is 11.1 Å². The van der Waals surface area contributed by atoms with Crippen molar-refractivity contribution in [1.29, 1.82) is 5.26 Å². The van der Waals surface area contributed by atoms with Crippen LogP contribution in [0.2, 0.25) is 0 Å². The highest BCUT2D eigenvalue weighted by Gasteiger charge is 2.37. The molecule has 3 N–H and O–H groups in total. The van der Waals surface area contributed by atoms with E-state index in [1.54, 1.807) is 60.7 Å².